The van der Waals surface area contributed by atoms with Crippen molar-refractivity contribution in [2.24, 2.45) is 0 Å². The molecular formula is C17H13F2NO3. The first-order valence-corrected chi connectivity index (χ1v) is 6.86. The second kappa shape index (κ2) is 6.08. The molecule has 1 N–H and O–H groups in total. The number of ether oxygens (including phenoxy) is 1. The van der Waals surface area contributed by atoms with Gasteiger partial charge in [-0.3, -0.25) is 4.79 Å². The van der Waals surface area contributed by atoms with Crippen molar-refractivity contribution < 1.29 is 22.7 Å². The van der Waals surface area contributed by atoms with Crippen molar-refractivity contribution in [1.82, 2.24) is 0 Å². The molecule has 0 saturated carbocycles. The first-order valence-electron chi connectivity index (χ1n) is 6.86. The van der Waals surface area contributed by atoms with Gasteiger partial charge in [-0.15, -0.1) is 0 Å². The number of amides is 1. The van der Waals surface area contributed by atoms with Crippen LogP contribution in [0.4, 0.5) is 14.5 Å². The maximum Gasteiger partial charge on any atom is 0.229 e. The number of benzene rings is 2. The number of methoxy groups -OCH3 is 1. The Morgan fingerprint density at radius 3 is 2.65 bits per heavy atom. The van der Waals surface area contributed by atoms with Gasteiger partial charge >= 0.3 is 0 Å². The number of fused-ring (bicyclic) bond motifs is 1. The van der Waals surface area contributed by atoms with Crippen LogP contribution in [-0.2, 0) is 11.2 Å². The monoisotopic (exact) mass is 317 g/mol. The van der Waals surface area contributed by atoms with Crippen molar-refractivity contribution in [1.29, 1.82) is 0 Å². The summed E-state index contributed by atoms with van der Waals surface area (Å²) in [6.45, 7) is 0. The molecule has 0 radical (unpaired) electrons. The highest BCUT2D eigenvalue weighted by Crippen LogP contribution is 2.26. The van der Waals surface area contributed by atoms with E-state index in [1.54, 1.807) is 25.3 Å². The Balaban J connectivity index is 1.81. The summed E-state index contributed by atoms with van der Waals surface area (Å²) < 4.78 is 37.6. The van der Waals surface area contributed by atoms with Crippen LogP contribution in [-0.4, -0.2) is 13.0 Å². The molecule has 6 heteroatoms. The van der Waals surface area contributed by atoms with Crippen molar-refractivity contribution in [3.05, 3.63) is 59.9 Å². The molecule has 0 bridgehead atoms. The molecule has 0 aliphatic rings. The van der Waals surface area contributed by atoms with Crippen molar-refractivity contribution >= 4 is 22.6 Å². The average Bonchev–Trinajstić information content (AvgIpc) is 2.93. The SMILES string of the molecule is COc1ccc2c(CC(=O)Nc3c(F)cccc3F)coc2c1. The van der Waals surface area contributed by atoms with E-state index in [4.69, 9.17) is 9.15 Å². The summed E-state index contributed by atoms with van der Waals surface area (Å²) in [6.07, 6.45) is 1.38. The van der Waals surface area contributed by atoms with Gasteiger partial charge in [-0.2, -0.15) is 0 Å². The molecule has 0 aliphatic heterocycles. The number of halogens is 2. The van der Waals surface area contributed by atoms with Crippen LogP contribution in [0.15, 0.2) is 47.1 Å². The molecule has 118 valence electrons. The van der Waals surface area contributed by atoms with Crippen molar-refractivity contribution in [2.75, 3.05) is 12.4 Å². The molecular weight excluding hydrogens is 304 g/mol. The summed E-state index contributed by atoms with van der Waals surface area (Å²) in [4.78, 5) is 12.0. The number of hydrogen-bond donors (Lipinski definition) is 1. The zero-order valence-corrected chi connectivity index (χ0v) is 12.2. The van der Waals surface area contributed by atoms with Gasteiger partial charge in [0.2, 0.25) is 5.91 Å². The Morgan fingerprint density at radius 2 is 1.96 bits per heavy atom. The summed E-state index contributed by atoms with van der Waals surface area (Å²) in [7, 11) is 1.54. The summed E-state index contributed by atoms with van der Waals surface area (Å²) in [5, 5.41) is 2.99. The lowest BCUT2D eigenvalue weighted by atomic mass is 10.1. The molecule has 2 aromatic carbocycles. The molecule has 1 heterocycles. The molecule has 23 heavy (non-hydrogen) atoms. The van der Waals surface area contributed by atoms with Gasteiger partial charge in [-0.25, -0.2) is 8.78 Å². The van der Waals surface area contributed by atoms with Gasteiger partial charge in [0.15, 0.2) is 0 Å². The number of hydrogen-bond acceptors (Lipinski definition) is 3. The van der Waals surface area contributed by atoms with E-state index < -0.39 is 23.2 Å². The van der Waals surface area contributed by atoms with Gasteiger partial charge in [0.05, 0.1) is 19.8 Å². The molecule has 1 aromatic heterocycles. The van der Waals surface area contributed by atoms with Gasteiger partial charge in [0.25, 0.3) is 0 Å². The minimum absolute atomic E-state index is 0.0624. The van der Waals surface area contributed by atoms with E-state index >= 15 is 0 Å². The van der Waals surface area contributed by atoms with Gasteiger partial charge in [-0.1, -0.05) is 6.07 Å². The summed E-state index contributed by atoms with van der Waals surface area (Å²) in [5.74, 6) is -1.54. The minimum Gasteiger partial charge on any atom is -0.497 e. The van der Waals surface area contributed by atoms with Crippen LogP contribution in [0.5, 0.6) is 5.75 Å². The predicted molar refractivity (Wildman–Crippen MR) is 81.5 cm³/mol. The highest BCUT2D eigenvalue weighted by atomic mass is 19.1. The number of rotatable bonds is 4. The van der Waals surface area contributed by atoms with Crippen molar-refractivity contribution in [3.8, 4) is 5.75 Å². The van der Waals surface area contributed by atoms with E-state index in [2.05, 4.69) is 5.32 Å². The maximum absolute atomic E-state index is 13.5. The quantitative estimate of drug-likeness (QED) is 0.794. The number of nitrogens with one attached hydrogen (secondary N) is 1. The molecule has 0 fully saturated rings. The lowest BCUT2D eigenvalue weighted by Gasteiger charge is -2.07. The van der Waals surface area contributed by atoms with Crippen molar-refractivity contribution in [3.63, 3.8) is 0 Å². The molecule has 0 saturated heterocycles. The average molecular weight is 317 g/mol. The van der Waals surface area contributed by atoms with Crippen molar-refractivity contribution in [2.45, 2.75) is 6.42 Å². The molecule has 0 spiro atoms. The number of furan rings is 1. The largest absolute Gasteiger partial charge is 0.497 e. The van der Waals surface area contributed by atoms with E-state index in [-0.39, 0.29) is 6.42 Å². The van der Waals surface area contributed by atoms with E-state index in [1.165, 1.54) is 12.3 Å². The lowest BCUT2D eigenvalue weighted by Crippen LogP contribution is -2.16. The van der Waals surface area contributed by atoms with E-state index in [1.807, 2.05) is 0 Å². The summed E-state index contributed by atoms with van der Waals surface area (Å²) >= 11 is 0. The summed E-state index contributed by atoms with van der Waals surface area (Å²) in [6, 6.07) is 8.61. The normalized spacial score (nSPS) is 10.7. The highest BCUT2D eigenvalue weighted by Gasteiger charge is 2.15. The Labute approximate surface area is 130 Å². The highest BCUT2D eigenvalue weighted by molar-refractivity contribution is 5.95. The van der Waals surface area contributed by atoms with Crippen LogP contribution in [0.3, 0.4) is 0 Å². The lowest BCUT2D eigenvalue weighted by molar-refractivity contribution is -0.115. The van der Waals surface area contributed by atoms with Gasteiger partial charge < -0.3 is 14.5 Å². The Morgan fingerprint density at radius 1 is 1.22 bits per heavy atom. The molecule has 3 rings (SSSR count). The topological polar surface area (TPSA) is 51.5 Å². The van der Waals surface area contributed by atoms with Gasteiger partial charge in [0, 0.05) is 17.0 Å². The molecule has 1 amide bonds. The van der Waals surface area contributed by atoms with E-state index in [0.717, 1.165) is 17.5 Å². The number of para-hydroxylation sites is 1. The first-order chi connectivity index (χ1) is 11.1. The smallest absolute Gasteiger partial charge is 0.229 e. The molecule has 0 unspecified atom stereocenters. The third-order valence-corrected chi connectivity index (χ3v) is 3.44. The number of carbonyl (C=O) groups is 1. The van der Waals surface area contributed by atoms with Crippen LogP contribution in [0, 0.1) is 11.6 Å². The van der Waals surface area contributed by atoms with Crippen LogP contribution >= 0.6 is 0 Å². The fourth-order valence-electron chi connectivity index (χ4n) is 2.30. The maximum atomic E-state index is 13.5. The molecule has 0 atom stereocenters. The Bertz CT molecular complexity index is 853. The van der Waals surface area contributed by atoms with Crippen LogP contribution in [0.2, 0.25) is 0 Å². The van der Waals surface area contributed by atoms with E-state index in [9.17, 15) is 13.6 Å². The van der Waals surface area contributed by atoms with E-state index in [0.29, 0.717) is 16.9 Å². The summed E-state index contributed by atoms with van der Waals surface area (Å²) in [5.41, 5.74) is 0.744. The zero-order valence-electron chi connectivity index (χ0n) is 12.2. The second-order valence-electron chi connectivity index (χ2n) is 4.94. The second-order valence-corrected chi connectivity index (χ2v) is 4.94. The third-order valence-electron chi connectivity index (χ3n) is 3.44. The first kappa shape index (κ1) is 15.0. The zero-order chi connectivity index (χ0) is 16.4. The standard InChI is InChI=1S/C17H13F2NO3/c1-22-11-5-6-12-10(9-23-15(12)8-11)7-16(21)20-17-13(18)3-2-4-14(17)19/h2-6,8-9H,7H2,1H3,(H,20,21). The molecule has 3 aromatic rings. The molecule has 0 aliphatic carbocycles. The van der Waals surface area contributed by atoms with Crippen LogP contribution in [0.1, 0.15) is 5.56 Å². The fourth-order valence-corrected chi connectivity index (χ4v) is 2.30. The predicted octanol–water partition coefficient (Wildman–Crippen LogP) is 3.90. The number of carbonyl (C=O) groups excluding carboxylic acids is 1. The number of anilines is 1. The minimum atomic E-state index is -0.819. The van der Waals surface area contributed by atoms with Gasteiger partial charge in [-0.05, 0) is 24.3 Å². The van der Waals surface area contributed by atoms with Gasteiger partial charge in [0.1, 0.15) is 28.7 Å². The Hall–Kier alpha value is -2.89. The van der Waals surface area contributed by atoms with Crippen LogP contribution in [0.25, 0.3) is 11.0 Å². The third kappa shape index (κ3) is 3.01. The van der Waals surface area contributed by atoms with Crippen LogP contribution < -0.4 is 10.1 Å². The molecule has 4 nitrogen and oxygen atoms in total. The fraction of sp³-hybridized carbons (Fsp3) is 0.118. The Kier molecular flexibility index (Phi) is 3.97.